The number of hydrogen-bond acceptors (Lipinski definition) is 1. The Morgan fingerprint density at radius 3 is 1.95 bits per heavy atom. The van der Waals surface area contributed by atoms with Gasteiger partial charge in [-0.05, 0) is 24.2 Å². The summed E-state index contributed by atoms with van der Waals surface area (Å²) in [5.41, 5.74) is 0. The predicted molar refractivity (Wildman–Crippen MR) is 86.9 cm³/mol. The van der Waals surface area contributed by atoms with E-state index in [-0.39, 0.29) is 0 Å². The van der Waals surface area contributed by atoms with Gasteiger partial charge in [-0.1, -0.05) is 76.6 Å². The fourth-order valence-electron chi connectivity index (χ4n) is 2.02. The molecular formula is C19H28O. The topological polar surface area (TPSA) is 20.2 Å². The third kappa shape index (κ3) is 14.7. The van der Waals surface area contributed by atoms with Crippen molar-refractivity contribution in [3.8, 4) is 36.0 Å². The van der Waals surface area contributed by atoms with Crippen molar-refractivity contribution in [1.29, 1.82) is 0 Å². The zero-order valence-electron chi connectivity index (χ0n) is 12.9. The molecule has 0 aliphatic rings. The molecule has 1 unspecified atom stereocenters. The molecule has 0 aliphatic heterocycles. The smallest absolute Gasteiger partial charge is 0.177 e. The Balaban J connectivity index is 3.29. The molecule has 0 aliphatic carbocycles. The Kier molecular flexibility index (Phi) is 14.6. The zero-order chi connectivity index (χ0) is 14.9. The summed E-state index contributed by atoms with van der Waals surface area (Å²) in [6.07, 6.45) is 18.2. The van der Waals surface area contributed by atoms with E-state index in [0.717, 1.165) is 12.8 Å². The highest BCUT2D eigenvalue weighted by Gasteiger charge is 1.92. The van der Waals surface area contributed by atoms with E-state index in [9.17, 15) is 5.11 Å². The molecule has 0 radical (unpaired) electrons. The van der Waals surface area contributed by atoms with Crippen molar-refractivity contribution < 1.29 is 5.11 Å². The second kappa shape index (κ2) is 15.7. The van der Waals surface area contributed by atoms with Gasteiger partial charge in [0.05, 0.1) is 0 Å². The van der Waals surface area contributed by atoms with Gasteiger partial charge in [-0.15, -0.1) is 6.42 Å². The highest BCUT2D eigenvalue weighted by atomic mass is 16.3. The third-order valence-corrected chi connectivity index (χ3v) is 3.18. The molecule has 0 aromatic rings. The molecule has 0 aromatic carbocycles. The summed E-state index contributed by atoms with van der Waals surface area (Å²) in [6.45, 7) is 2.25. The molecule has 0 spiro atoms. The lowest BCUT2D eigenvalue weighted by Crippen LogP contribution is -1.97. The SMILES string of the molecule is C#CC#CC(O)C#CCCCCCCCCCCCC. The summed E-state index contributed by atoms with van der Waals surface area (Å²) in [4.78, 5) is 0. The Hall–Kier alpha value is -1.36. The lowest BCUT2D eigenvalue weighted by atomic mass is 10.1. The molecule has 0 bridgehead atoms. The van der Waals surface area contributed by atoms with Gasteiger partial charge in [0.15, 0.2) is 6.10 Å². The fourth-order valence-corrected chi connectivity index (χ4v) is 2.02. The van der Waals surface area contributed by atoms with Crippen molar-refractivity contribution in [1.82, 2.24) is 0 Å². The highest BCUT2D eigenvalue weighted by molar-refractivity contribution is 5.28. The monoisotopic (exact) mass is 272 g/mol. The van der Waals surface area contributed by atoms with E-state index in [0.29, 0.717) is 0 Å². The van der Waals surface area contributed by atoms with Crippen LogP contribution in [0.4, 0.5) is 0 Å². The molecule has 0 aromatic heterocycles. The van der Waals surface area contributed by atoms with E-state index >= 15 is 0 Å². The first-order chi connectivity index (χ1) is 9.81. The molecule has 0 saturated heterocycles. The minimum Gasteiger partial charge on any atom is -0.369 e. The Morgan fingerprint density at radius 2 is 1.40 bits per heavy atom. The van der Waals surface area contributed by atoms with Crippen molar-refractivity contribution in [3.63, 3.8) is 0 Å². The van der Waals surface area contributed by atoms with Crippen LogP contribution in [-0.2, 0) is 0 Å². The van der Waals surface area contributed by atoms with Crippen LogP contribution in [0, 0.1) is 36.0 Å². The van der Waals surface area contributed by atoms with Gasteiger partial charge in [-0.25, -0.2) is 0 Å². The van der Waals surface area contributed by atoms with Gasteiger partial charge in [0, 0.05) is 6.42 Å². The van der Waals surface area contributed by atoms with Crippen molar-refractivity contribution in [3.05, 3.63) is 0 Å². The minimum atomic E-state index is -0.894. The molecule has 0 rings (SSSR count). The van der Waals surface area contributed by atoms with Gasteiger partial charge in [-0.2, -0.15) is 0 Å². The molecule has 0 saturated carbocycles. The molecule has 1 heteroatoms. The van der Waals surface area contributed by atoms with Crippen LogP contribution in [0.3, 0.4) is 0 Å². The van der Waals surface area contributed by atoms with Crippen LogP contribution in [0.25, 0.3) is 0 Å². The van der Waals surface area contributed by atoms with Crippen LogP contribution >= 0.6 is 0 Å². The maximum atomic E-state index is 9.30. The summed E-state index contributed by atoms with van der Waals surface area (Å²) in [5, 5.41) is 9.30. The average molecular weight is 272 g/mol. The second-order valence-electron chi connectivity index (χ2n) is 5.07. The molecule has 0 fully saturated rings. The van der Waals surface area contributed by atoms with Crippen LogP contribution in [-0.4, -0.2) is 11.2 Å². The first-order valence-corrected chi connectivity index (χ1v) is 7.93. The molecule has 0 amide bonds. The molecule has 1 N–H and O–H groups in total. The van der Waals surface area contributed by atoms with Gasteiger partial charge >= 0.3 is 0 Å². The lowest BCUT2D eigenvalue weighted by molar-refractivity contribution is 0.289. The number of hydrogen-bond donors (Lipinski definition) is 1. The van der Waals surface area contributed by atoms with E-state index < -0.39 is 6.10 Å². The number of terminal acetylenes is 1. The minimum absolute atomic E-state index is 0.839. The van der Waals surface area contributed by atoms with Gasteiger partial charge in [0.1, 0.15) is 0 Å². The number of rotatable bonds is 10. The lowest BCUT2D eigenvalue weighted by Gasteiger charge is -2.00. The van der Waals surface area contributed by atoms with Crippen LogP contribution in [0.15, 0.2) is 0 Å². The molecule has 1 atom stereocenters. The Morgan fingerprint density at radius 1 is 0.850 bits per heavy atom. The Labute approximate surface area is 125 Å². The number of aliphatic hydroxyl groups excluding tert-OH is 1. The van der Waals surface area contributed by atoms with Crippen LogP contribution in [0.2, 0.25) is 0 Å². The molecule has 20 heavy (non-hydrogen) atoms. The summed E-state index contributed by atoms with van der Waals surface area (Å²) in [7, 11) is 0. The molecular weight excluding hydrogens is 244 g/mol. The van der Waals surface area contributed by atoms with E-state index in [1.807, 2.05) is 0 Å². The third-order valence-electron chi connectivity index (χ3n) is 3.18. The Bertz CT molecular complexity index is 367. The van der Waals surface area contributed by atoms with E-state index in [2.05, 4.69) is 36.5 Å². The van der Waals surface area contributed by atoms with Gasteiger partial charge < -0.3 is 5.11 Å². The largest absolute Gasteiger partial charge is 0.369 e. The summed E-state index contributed by atoms with van der Waals surface area (Å²) >= 11 is 0. The summed E-state index contributed by atoms with van der Waals surface area (Å²) in [6, 6.07) is 0. The zero-order valence-corrected chi connectivity index (χ0v) is 12.9. The van der Waals surface area contributed by atoms with Crippen molar-refractivity contribution in [2.75, 3.05) is 0 Å². The average Bonchev–Trinajstić information content (AvgIpc) is 2.46. The van der Waals surface area contributed by atoms with Crippen molar-refractivity contribution >= 4 is 0 Å². The van der Waals surface area contributed by atoms with Crippen LogP contribution < -0.4 is 0 Å². The molecule has 110 valence electrons. The first kappa shape index (κ1) is 18.6. The normalized spacial score (nSPS) is 10.7. The summed E-state index contributed by atoms with van der Waals surface area (Å²) in [5.74, 6) is 12.6. The van der Waals surface area contributed by atoms with Crippen LogP contribution in [0.1, 0.15) is 77.6 Å². The van der Waals surface area contributed by atoms with Crippen molar-refractivity contribution in [2.45, 2.75) is 83.7 Å². The molecule has 0 heterocycles. The standard InChI is InChI=1S/C19H28O/c1-3-5-7-8-9-10-11-12-13-14-15-16-18-19(20)17-6-4-2/h2,19-20H,3,5,7-15H2,1H3. The van der Waals surface area contributed by atoms with E-state index in [4.69, 9.17) is 6.42 Å². The maximum Gasteiger partial charge on any atom is 0.177 e. The number of unbranched alkanes of at least 4 members (excludes halogenated alkanes) is 10. The van der Waals surface area contributed by atoms with Crippen LogP contribution in [0.5, 0.6) is 0 Å². The predicted octanol–water partition coefficient (Wildman–Crippen LogP) is 4.30. The van der Waals surface area contributed by atoms with Gasteiger partial charge in [-0.3, -0.25) is 0 Å². The van der Waals surface area contributed by atoms with Gasteiger partial charge in [0.25, 0.3) is 0 Å². The number of aliphatic hydroxyl groups is 1. The maximum absolute atomic E-state index is 9.30. The fraction of sp³-hybridized carbons (Fsp3) is 0.684. The van der Waals surface area contributed by atoms with E-state index in [1.54, 1.807) is 0 Å². The van der Waals surface area contributed by atoms with Gasteiger partial charge in [0.2, 0.25) is 0 Å². The summed E-state index contributed by atoms with van der Waals surface area (Å²) < 4.78 is 0. The first-order valence-electron chi connectivity index (χ1n) is 7.93. The second-order valence-corrected chi connectivity index (χ2v) is 5.07. The van der Waals surface area contributed by atoms with Crippen molar-refractivity contribution in [2.24, 2.45) is 0 Å². The highest BCUT2D eigenvalue weighted by Crippen LogP contribution is 2.10. The molecule has 1 nitrogen and oxygen atoms in total. The quantitative estimate of drug-likeness (QED) is 0.464. The van der Waals surface area contributed by atoms with E-state index in [1.165, 1.54) is 57.8 Å².